The molecule has 0 spiro atoms. The van der Waals surface area contributed by atoms with Crippen molar-refractivity contribution in [2.24, 2.45) is 5.92 Å². The van der Waals surface area contributed by atoms with Crippen molar-refractivity contribution in [2.75, 3.05) is 13.1 Å². The molecule has 0 unspecified atom stereocenters. The van der Waals surface area contributed by atoms with Crippen molar-refractivity contribution in [3.63, 3.8) is 0 Å². The van der Waals surface area contributed by atoms with E-state index in [4.69, 9.17) is 5.11 Å². The first-order valence-electron chi connectivity index (χ1n) is 6.74. The fourth-order valence-corrected chi connectivity index (χ4v) is 3.37. The van der Waals surface area contributed by atoms with Gasteiger partial charge >= 0.3 is 5.97 Å². The van der Waals surface area contributed by atoms with Gasteiger partial charge in [-0.3, -0.25) is 4.79 Å². The van der Waals surface area contributed by atoms with Gasteiger partial charge in [0.1, 0.15) is 4.88 Å². The molecule has 1 aliphatic rings. The summed E-state index contributed by atoms with van der Waals surface area (Å²) in [7, 11) is 0. The number of carboxylic acids is 1. The van der Waals surface area contributed by atoms with Crippen LogP contribution in [0.2, 0.25) is 0 Å². The van der Waals surface area contributed by atoms with Gasteiger partial charge in [-0.2, -0.15) is 0 Å². The standard InChI is InChI=1S/C14H19NO3S/c1-2-3-10-6-8-15(9-7-10)13(16)11-4-5-12(19-11)14(17)18/h4-5,10H,2-3,6-9H2,1H3,(H,17,18). The molecule has 104 valence electrons. The molecule has 19 heavy (non-hydrogen) atoms. The average Bonchev–Trinajstić information content (AvgIpc) is 2.89. The van der Waals surface area contributed by atoms with Crippen LogP contribution < -0.4 is 0 Å². The van der Waals surface area contributed by atoms with Crippen molar-refractivity contribution in [1.29, 1.82) is 0 Å². The van der Waals surface area contributed by atoms with Crippen molar-refractivity contribution in [3.8, 4) is 0 Å². The highest BCUT2D eigenvalue weighted by molar-refractivity contribution is 7.15. The van der Waals surface area contributed by atoms with Crippen LogP contribution in [-0.4, -0.2) is 35.0 Å². The van der Waals surface area contributed by atoms with Crippen molar-refractivity contribution in [1.82, 2.24) is 4.90 Å². The van der Waals surface area contributed by atoms with Crippen LogP contribution in [0.25, 0.3) is 0 Å². The van der Waals surface area contributed by atoms with E-state index in [2.05, 4.69) is 6.92 Å². The van der Waals surface area contributed by atoms with Crippen molar-refractivity contribution < 1.29 is 14.7 Å². The van der Waals surface area contributed by atoms with Gasteiger partial charge < -0.3 is 10.0 Å². The van der Waals surface area contributed by atoms with E-state index < -0.39 is 5.97 Å². The Bertz CT molecular complexity index is 461. The molecule has 2 rings (SSSR count). The molecular weight excluding hydrogens is 262 g/mol. The maximum absolute atomic E-state index is 12.2. The lowest BCUT2D eigenvalue weighted by Gasteiger charge is -2.31. The number of amides is 1. The summed E-state index contributed by atoms with van der Waals surface area (Å²) in [4.78, 5) is 25.7. The molecule has 1 aromatic heterocycles. The SMILES string of the molecule is CCCC1CCN(C(=O)c2ccc(C(=O)O)s2)CC1. The van der Waals surface area contributed by atoms with Crippen LogP contribution in [0, 0.1) is 5.92 Å². The third-order valence-corrected chi connectivity index (χ3v) is 4.69. The maximum atomic E-state index is 12.2. The lowest BCUT2D eigenvalue weighted by molar-refractivity contribution is 0.0688. The molecular formula is C14H19NO3S. The molecule has 0 bridgehead atoms. The number of piperidine rings is 1. The zero-order valence-corrected chi connectivity index (χ0v) is 11.9. The van der Waals surface area contributed by atoms with Gasteiger partial charge in [0, 0.05) is 13.1 Å². The number of nitrogens with zero attached hydrogens (tertiary/aromatic N) is 1. The van der Waals surface area contributed by atoms with Crippen molar-refractivity contribution in [2.45, 2.75) is 32.6 Å². The number of aromatic carboxylic acids is 1. The Morgan fingerprint density at radius 1 is 1.32 bits per heavy atom. The van der Waals surface area contributed by atoms with Crippen LogP contribution in [0.5, 0.6) is 0 Å². The summed E-state index contributed by atoms with van der Waals surface area (Å²) in [6.45, 7) is 3.78. The summed E-state index contributed by atoms with van der Waals surface area (Å²) in [5.41, 5.74) is 0. The molecule has 0 aliphatic carbocycles. The maximum Gasteiger partial charge on any atom is 0.345 e. The highest BCUT2D eigenvalue weighted by Crippen LogP contribution is 2.25. The predicted octanol–water partition coefficient (Wildman–Crippen LogP) is 3.10. The summed E-state index contributed by atoms with van der Waals surface area (Å²) in [5, 5.41) is 8.87. The second-order valence-electron chi connectivity index (χ2n) is 4.99. The Labute approximate surface area is 117 Å². The van der Waals surface area contributed by atoms with E-state index in [-0.39, 0.29) is 10.8 Å². The zero-order chi connectivity index (χ0) is 13.8. The van der Waals surface area contributed by atoms with Gasteiger partial charge in [0.2, 0.25) is 0 Å². The second-order valence-corrected chi connectivity index (χ2v) is 6.08. The Morgan fingerprint density at radius 2 is 1.95 bits per heavy atom. The van der Waals surface area contributed by atoms with E-state index in [9.17, 15) is 9.59 Å². The highest BCUT2D eigenvalue weighted by atomic mass is 32.1. The number of hydrogen-bond donors (Lipinski definition) is 1. The molecule has 0 atom stereocenters. The fraction of sp³-hybridized carbons (Fsp3) is 0.571. The Morgan fingerprint density at radius 3 is 2.47 bits per heavy atom. The molecule has 4 nitrogen and oxygen atoms in total. The second kappa shape index (κ2) is 6.19. The Kier molecular flexibility index (Phi) is 4.58. The van der Waals surface area contributed by atoms with Gasteiger partial charge in [-0.15, -0.1) is 11.3 Å². The van der Waals surface area contributed by atoms with E-state index in [1.807, 2.05) is 4.90 Å². The number of thiophene rings is 1. The Balaban J connectivity index is 1.95. The predicted molar refractivity (Wildman–Crippen MR) is 74.8 cm³/mol. The first-order valence-corrected chi connectivity index (χ1v) is 7.56. The van der Waals surface area contributed by atoms with Gasteiger partial charge in [-0.25, -0.2) is 4.79 Å². The lowest BCUT2D eigenvalue weighted by atomic mass is 9.92. The minimum absolute atomic E-state index is 0.0209. The molecule has 0 saturated carbocycles. The van der Waals surface area contributed by atoms with Crippen LogP contribution in [0.1, 0.15) is 52.0 Å². The zero-order valence-electron chi connectivity index (χ0n) is 11.1. The van der Waals surface area contributed by atoms with E-state index >= 15 is 0 Å². The Hall–Kier alpha value is -1.36. The molecule has 2 heterocycles. The van der Waals surface area contributed by atoms with Crippen LogP contribution in [0.3, 0.4) is 0 Å². The smallest absolute Gasteiger partial charge is 0.345 e. The van der Waals surface area contributed by atoms with E-state index in [1.165, 1.54) is 18.9 Å². The lowest BCUT2D eigenvalue weighted by Crippen LogP contribution is -2.38. The number of likely N-dealkylation sites (tertiary alicyclic amines) is 1. The number of carboxylic acid groups (broad SMARTS) is 1. The summed E-state index contributed by atoms with van der Waals surface area (Å²) in [6, 6.07) is 3.12. The van der Waals surface area contributed by atoms with E-state index in [0.29, 0.717) is 4.88 Å². The van der Waals surface area contributed by atoms with E-state index in [1.54, 1.807) is 6.07 Å². The third kappa shape index (κ3) is 3.35. The number of hydrogen-bond acceptors (Lipinski definition) is 3. The van der Waals surface area contributed by atoms with Crippen LogP contribution in [0.15, 0.2) is 12.1 Å². The minimum Gasteiger partial charge on any atom is -0.477 e. The molecule has 5 heteroatoms. The van der Waals surface area contributed by atoms with Gasteiger partial charge in [-0.1, -0.05) is 19.8 Å². The van der Waals surface area contributed by atoms with Crippen molar-refractivity contribution in [3.05, 3.63) is 21.9 Å². The summed E-state index contributed by atoms with van der Waals surface area (Å²) in [5.74, 6) is -0.245. The van der Waals surface area contributed by atoms with Gasteiger partial charge in [0.15, 0.2) is 0 Å². The monoisotopic (exact) mass is 281 g/mol. The number of carbonyl (C=O) groups is 2. The molecule has 0 radical (unpaired) electrons. The molecule has 1 N–H and O–H groups in total. The first kappa shape index (κ1) is 14.1. The summed E-state index contributed by atoms with van der Waals surface area (Å²) < 4.78 is 0. The normalized spacial score (nSPS) is 16.6. The average molecular weight is 281 g/mol. The van der Waals surface area contributed by atoms with Gasteiger partial charge in [0.25, 0.3) is 5.91 Å². The topological polar surface area (TPSA) is 57.6 Å². The van der Waals surface area contributed by atoms with Crippen LogP contribution >= 0.6 is 11.3 Å². The molecule has 1 aromatic rings. The fourth-order valence-electron chi connectivity index (χ4n) is 2.56. The molecule has 1 saturated heterocycles. The number of rotatable bonds is 4. The molecule has 0 aromatic carbocycles. The molecule has 1 aliphatic heterocycles. The molecule has 1 fully saturated rings. The van der Waals surface area contributed by atoms with Gasteiger partial charge in [0.05, 0.1) is 4.88 Å². The van der Waals surface area contributed by atoms with E-state index in [0.717, 1.165) is 43.2 Å². The minimum atomic E-state index is -0.967. The van der Waals surface area contributed by atoms with Crippen LogP contribution in [0.4, 0.5) is 0 Å². The highest BCUT2D eigenvalue weighted by Gasteiger charge is 2.24. The number of carbonyl (C=O) groups excluding carboxylic acids is 1. The van der Waals surface area contributed by atoms with Crippen LogP contribution in [-0.2, 0) is 0 Å². The largest absolute Gasteiger partial charge is 0.477 e. The van der Waals surface area contributed by atoms with Crippen molar-refractivity contribution >= 4 is 23.2 Å². The summed E-state index contributed by atoms with van der Waals surface area (Å²) in [6.07, 6.45) is 4.57. The molecule has 1 amide bonds. The third-order valence-electron chi connectivity index (χ3n) is 3.63. The summed E-state index contributed by atoms with van der Waals surface area (Å²) >= 11 is 1.06. The van der Waals surface area contributed by atoms with Gasteiger partial charge in [-0.05, 0) is 30.9 Å². The first-order chi connectivity index (χ1) is 9.11. The quantitative estimate of drug-likeness (QED) is 0.922.